The summed E-state index contributed by atoms with van der Waals surface area (Å²) < 4.78 is 21.2. The van der Waals surface area contributed by atoms with Crippen LogP contribution in [0, 0.1) is 0 Å². The van der Waals surface area contributed by atoms with Crippen molar-refractivity contribution in [3.8, 4) is 0 Å². The van der Waals surface area contributed by atoms with Crippen LogP contribution in [-0.4, -0.2) is 43.5 Å². The average Bonchev–Trinajstić information content (AvgIpc) is 1.81. The predicted octanol–water partition coefficient (Wildman–Crippen LogP) is -1.38. The molecule has 0 spiro atoms. The fourth-order valence-electron chi connectivity index (χ4n) is 0.583. The Morgan fingerprint density at radius 3 is 2.23 bits per heavy atom. The van der Waals surface area contributed by atoms with Crippen molar-refractivity contribution in [2.24, 2.45) is 0 Å². The van der Waals surface area contributed by atoms with Gasteiger partial charge in [-0.15, -0.1) is 0 Å². The zero-order valence-corrected chi connectivity index (χ0v) is 8.09. The number of carbonyl (C=O) groups is 2. The zero-order chi connectivity index (χ0) is 10.6. The quantitative estimate of drug-likeness (QED) is 0.594. The Morgan fingerprint density at radius 2 is 1.92 bits per heavy atom. The Morgan fingerprint density at radius 1 is 1.46 bits per heavy atom. The van der Waals surface area contributed by atoms with Gasteiger partial charge in [-0.1, -0.05) is 0 Å². The molecule has 0 aliphatic heterocycles. The number of amides is 1. The molecule has 0 aliphatic carbocycles. The van der Waals surface area contributed by atoms with Gasteiger partial charge in [-0.25, -0.2) is 8.42 Å². The summed E-state index contributed by atoms with van der Waals surface area (Å²) in [5.41, 5.74) is 0. The molecule has 0 radical (unpaired) electrons. The lowest BCUT2D eigenvalue weighted by Gasteiger charge is -2.07. The van der Waals surface area contributed by atoms with Crippen molar-refractivity contribution in [1.29, 1.82) is 0 Å². The SMILES string of the molecule is C[C@@H](NC(=O)CS(C)(=O)=O)C(=O)O. The minimum absolute atomic E-state index is 0.690. The highest BCUT2D eigenvalue weighted by Crippen LogP contribution is 1.85. The highest BCUT2D eigenvalue weighted by atomic mass is 32.2. The summed E-state index contributed by atoms with van der Waals surface area (Å²) in [5, 5.41) is 10.4. The van der Waals surface area contributed by atoms with Gasteiger partial charge in [-0.3, -0.25) is 9.59 Å². The summed E-state index contributed by atoms with van der Waals surface area (Å²) in [4.78, 5) is 21.1. The van der Waals surface area contributed by atoms with E-state index in [2.05, 4.69) is 0 Å². The smallest absolute Gasteiger partial charge is 0.325 e. The van der Waals surface area contributed by atoms with E-state index in [0.29, 0.717) is 0 Å². The molecule has 13 heavy (non-hydrogen) atoms. The maximum atomic E-state index is 10.8. The molecular formula is C6H11NO5S. The van der Waals surface area contributed by atoms with E-state index in [1.807, 2.05) is 5.32 Å². The van der Waals surface area contributed by atoms with Gasteiger partial charge in [-0.2, -0.15) is 0 Å². The van der Waals surface area contributed by atoms with Gasteiger partial charge >= 0.3 is 5.97 Å². The summed E-state index contributed by atoms with van der Waals surface area (Å²) in [6.45, 7) is 1.25. The molecule has 0 aromatic rings. The van der Waals surface area contributed by atoms with Crippen molar-refractivity contribution >= 4 is 21.7 Å². The number of sulfone groups is 1. The largest absolute Gasteiger partial charge is 0.480 e. The van der Waals surface area contributed by atoms with E-state index in [-0.39, 0.29) is 0 Å². The van der Waals surface area contributed by atoms with Crippen LogP contribution < -0.4 is 5.32 Å². The second kappa shape index (κ2) is 4.22. The molecule has 0 unspecified atom stereocenters. The molecule has 1 amide bonds. The van der Waals surface area contributed by atoms with E-state index in [4.69, 9.17) is 5.11 Å². The number of carbonyl (C=O) groups excluding carboxylic acids is 1. The lowest BCUT2D eigenvalue weighted by molar-refractivity contribution is -0.140. The summed E-state index contributed by atoms with van der Waals surface area (Å²) >= 11 is 0. The minimum Gasteiger partial charge on any atom is -0.480 e. The molecule has 1 atom stereocenters. The van der Waals surface area contributed by atoms with E-state index < -0.39 is 33.5 Å². The number of carboxylic acids is 1. The predicted molar refractivity (Wildman–Crippen MR) is 45.0 cm³/mol. The van der Waals surface area contributed by atoms with Crippen molar-refractivity contribution in [3.05, 3.63) is 0 Å². The average molecular weight is 209 g/mol. The van der Waals surface area contributed by atoms with Crippen LogP contribution in [-0.2, 0) is 19.4 Å². The Labute approximate surface area is 75.9 Å². The Balaban J connectivity index is 4.11. The molecule has 76 valence electrons. The van der Waals surface area contributed by atoms with Crippen molar-refractivity contribution in [2.75, 3.05) is 12.0 Å². The standard InChI is InChI=1S/C6H11NO5S/c1-4(6(9)10)7-5(8)3-13(2,11)12/h4H,3H2,1-2H3,(H,7,8)(H,9,10)/t4-/m1/s1. The summed E-state index contributed by atoms with van der Waals surface area (Å²) in [5.74, 6) is -2.70. The maximum absolute atomic E-state index is 10.8. The van der Waals surface area contributed by atoms with Crippen molar-refractivity contribution in [1.82, 2.24) is 5.32 Å². The van der Waals surface area contributed by atoms with Crippen LogP contribution in [0.5, 0.6) is 0 Å². The van der Waals surface area contributed by atoms with Crippen LogP contribution in [0.4, 0.5) is 0 Å². The van der Waals surface area contributed by atoms with Crippen LogP contribution in [0.1, 0.15) is 6.92 Å². The number of hydrogen-bond acceptors (Lipinski definition) is 4. The van der Waals surface area contributed by atoms with Gasteiger partial charge in [0, 0.05) is 6.26 Å². The molecular weight excluding hydrogens is 198 g/mol. The van der Waals surface area contributed by atoms with Crippen molar-refractivity contribution < 1.29 is 23.1 Å². The second-order valence-electron chi connectivity index (χ2n) is 2.70. The fourth-order valence-corrected chi connectivity index (χ4v) is 1.14. The van der Waals surface area contributed by atoms with Gasteiger partial charge in [0.15, 0.2) is 9.84 Å². The number of aliphatic carboxylic acids is 1. The molecule has 0 aliphatic rings. The van der Waals surface area contributed by atoms with Crippen LogP contribution in [0.3, 0.4) is 0 Å². The third kappa shape index (κ3) is 6.09. The first-order valence-corrected chi connectivity index (χ1v) is 5.48. The van der Waals surface area contributed by atoms with E-state index in [1.54, 1.807) is 0 Å². The lowest BCUT2D eigenvalue weighted by Crippen LogP contribution is -2.41. The van der Waals surface area contributed by atoms with Crippen molar-refractivity contribution in [3.63, 3.8) is 0 Å². The Kier molecular flexibility index (Phi) is 3.86. The van der Waals surface area contributed by atoms with Crippen LogP contribution in [0.25, 0.3) is 0 Å². The summed E-state index contributed by atoms with van der Waals surface area (Å²) in [7, 11) is -3.40. The van der Waals surface area contributed by atoms with Crippen LogP contribution >= 0.6 is 0 Å². The molecule has 0 heterocycles. The first-order chi connectivity index (χ1) is 5.72. The highest BCUT2D eigenvalue weighted by Gasteiger charge is 2.16. The van der Waals surface area contributed by atoms with Crippen LogP contribution in [0.2, 0.25) is 0 Å². The van der Waals surface area contributed by atoms with E-state index >= 15 is 0 Å². The van der Waals surface area contributed by atoms with Gasteiger partial charge in [0.1, 0.15) is 11.8 Å². The molecule has 0 aromatic carbocycles. The first-order valence-electron chi connectivity index (χ1n) is 3.42. The molecule has 2 N–H and O–H groups in total. The second-order valence-corrected chi connectivity index (χ2v) is 4.84. The van der Waals surface area contributed by atoms with Gasteiger partial charge in [0.2, 0.25) is 5.91 Å². The number of rotatable bonds is 4. The molecule has 7 heteroatoms. The Hall–Kier alpha value is -1.11. The number of nitrogens with one attached hydrogen (secondary N) is 1. The molecule has 0 fully saturated rings. The zero-order valence-electron chi connectivity index (χ0n) is 7.27. The van der Waals surface area contributed by atoms with Gasteiger partial charge in [-0.05, 0) is 6.92 Å². The van der Waals surface area contributed by atoms with E-state index in [0.717, 1.165) is 6.26 Å². The third-order valence-electron chi connectivity index (χ3n) is 1.14. The maximum Gasteiger partial charge on any atom is 0.325 e. The minimum atomic E-state index is -3.40. The van der Waals surface area contributed by atoms with Crippen molar-refractivity contribution in [2.45, 2.75) is 13.0 Å². The molecule has 6 nitrogen and oxygen atoms in total. The summed E-state index contributed by atoms with van der Waals surface area (Å²) in [6, 6.07) is -1.07. The monoisotopic (exact) mass is 209 g/mol. The first kappa shape index (κ1) is 11.9. The highest BCUT2D eigenvalue weighted by molar-refractivity contribution is 7.91. The topological polar surface area (TPSA) is 101 Å². The molecule has 0 bridgehead atoms. The van der Waals surface area contributed by atoms with Gasteiger partial charge in [0.25, 0.3) is 0 Å². The molecule has 0 saturated carbocycles. The molecule has 0 rings (SSSR count). The molecule has 0 aromatic heterocycles. The fraction of sp³-hybridized carbons (Fsp3) is 0.667. The number of hydrogen-bond donors (Lipinski definition) is 2. The summed E-state index contributed by atoms with van der Waals surface area (Å²) in [6.07, 6.45) is 0.901. The number of carboxylic acid groups (broad SMARTS) is 1. The van der Waals surface area contributed by atoms with E-state index in [1.165, 1.54) is 6.92 Å². The Bertz CT molecular complexity index is 307. The normalized spacial score (nSPS) is 13.4. The van der Waals surface area contributed by atoms with Gasteiger partial charge in [0.05, 0.1) is 0 Å². The molecule has 0 saturated heterocycles. The van der Waals surface area contributed by atoms with E-state index in [9.17, 15) is 18.0 Å². The van der Waals surface area contributed by atoms with Crippen LogP contribution in [0.15, 0.2) is 0 Å². The van der Waals surface area contributed by atoms with Gasteiger partial charge < -0.3 is 10.4 Å². The lowest BCUT2D eigenvalue weighted by atomic mass is 10.3. The third-order valence-corrected chi connectivity index (χ3v) is 1.93.